The van der Waals surface area contributed by atoms with Crippen molar-refractivity contribution in [2.24, 2.45) is 11.3 Å². The maximum Gasteiger partial charge on any atom is 0.173 e. The molecule has 2 aromatic rings. The predicted molar refractivity (Wildman–Crippen MR) is 117 cm³/mol. The van der Waals surface area contributed by atoms with Crippen molar-refractivity contribution in [3.05, 3.63) is 44.6 Å². The number of ether oxygens (including phenoxy) is 2. The highest BCUT2D eigenvalue weighted by Crippen LogP contribution is 2.71. The normalized spacial score (nSPS) is 21.7. The number of carbonyl (C=O) groups excluding carboxylic acids is 1. The Morgan fingerprint density at radius 2 is 2.10 bits per heavy atom. The summed E-state index contributed by atoms with van der Waals surface area (Å²) in [6, 6.07) is 5.57. The minimum absolute atomic E-state index is 0.00761. The molecule has 6 heteroatoms. The van der Waals surface area contributed by atoms with Gasteiger partial charge in [-0.3, -0.25) is 4.79 Å². The summed E-state index contributed by atoms with van der Waals surface area (Å²) < 4.78 is 10.9. The van der Waals surface area contributed by atoms with Crippen molar-refractivity contribution in [3.63, 3.8) is 0 Å². The molecule has 1 fully saturated rings. The lowest BCUT2D eigenvalue weighted by Gasteiger charge is -2.14. The minimum Gasteiger partial charge on any atom is -0.493 e. The molecule has 0 unspecified atom stereocenters. The maximum absolute atomic E-state index is 13.0. The smallest absolute Gasteiger partial charge is 0.173 e. The monoisotopic (exact) mass is 430 g/mol. The van der Waals surface area contributed by atoms with Gasteiger partial charge in [0.25, 0.3) is 0 Å². The zero-order chi connectivity index (χ0) is 21.6. The van der Waals surface area contributed by atoms with E-state index in [1.165, 1.54) is 16.0 Å². The van der Waals surface area contributed by atoms with Crippen LogP contribution in [0.1, 0.15) is 57.4 Å². The molecule has 4 rings (SSSR count). The molecule has 0 amide bonds. The first kappa shape index (κ1) is 21.3. The van der Waals surface area contributed by atoms with Gasteiger partial charge in [0, 0.05) is 11.3 Å². The van der Waals surface area contributed by atoms with E-state index in [0.717, 1.165) is 16.9 Å². The first-order valence-corrected chi connectivity index (χ1v) is 11.3. The number of hydrogen-bond acceptors (Lipinski definition) is 6. The second-order valence-electron chi connectivity index (χ2n) is 9.05. The average Bonchev–Trinajstić information content (AvgIpc) is 3.06. The van der Waals surface area contributed by atoms with Crippen molar-refractivity contribution in [2.75, 3.05) is 20.3 Å². The fraction of sp³-hybridized carbons (Fsp3) is 0.542. The Labute approximate surface area is 181 Å². The standard InChI is InChI=1S/C24H30O5S/c1-13-21-16(10-17-22(21)24(17,2)3)23(30-13)18(27)7-5-14-6-8-19(20(9-14)28-4)29-12-15(26)11-25/h6,8-9,15,17,22,25-26H,5,7,10-12H2,1-4H3/t15-,17-,22-/m1/s1. The van der Waals surface area contributed by atoms with Crippen molar-refractivity contribution in [1.82, 2.24) is 0 Å². The van der Waals surface area contributed by atoms with Gasteiger partial charge in [0.15, 0.2) is 17.3 Å². The van der Waals surface area contributed by atoms with Gasteiger partial charge in [-0.1, -0.05) is 19.9 Å². The summed E-state index contributed by atoms with van der Waals surface area (Å²) in [6.07, 6.45) is 1.23. The lowest BCUT2D eigenvalue weighted by Crippen LogP contribution is -2.21. The molecule has 2 aliphatic carbocycles. The molecule has 1 saturated carbocycles. The van der Waals surface area contributed by atoms with Crippen LogP contribution >= 0.6 is 11.3 Å². The number of fused-ring (bicyclic) bond motifs is 3. The number of carbonyl (C=O) groups is 1. The molecule has 1 heterocycles. The van der Waals surface area contributed by atoms with Crippen molar-refractivity contribution in [2.45, 2.75) is 52.1 Å². The number of aliphatic hydroxyl groups excluding tert-OH is 2. The van der Waals surface area contributed by atoms with E-state index >= 15 is 0 Å². The predicted octanol–water partition coefficient (Wildman–Crippen LogP) is 3.91. The van der Waals surface area contributed by atoms with E-state index in [-0.39, 0.29) is 19.0 Å². The number of aliphatic hydroxyl groups is 2. The molecule has 30 heavy (non-hydrogen) atoms. The number of rotatable bonds is 9. The highest BCUT2D eigenvalue weighted by molar-refractivity contribution is 7.14. The van der Waals surface area contributed by atoms with Gasteiger partial charge in [0.2, 0.25) is 0 Å². The summed E-state index contributed by atoms with van der Waals surface area (Å²) in [5.74, 6) is 2.65. The second-order valence-corrected chi connectivity index (χ2v) is 10.3. The van der Waals surface area contributed by atoms with Crippen LogP contribution in [0, 0.1) is 18.3 Å². The number of ketones is 1. The van der Waals surface area contributed by atoms with Crippen LogP contribution in [0.2, 0.25) is 0 Å². The molecule has 0 saturated heterocycles. The van der Waals surface area contributed by atoms with Crippen molar-refractivity contribution >= 4 is 17.1 Å². The van der Waals surface area contributed by atoms with Crippen molar-refractivity contribution in [1.29, 1.82) is 0 Å². The Kier molecular flexibility index (Phi) is 5.68. The number of thiophene rings is 1. The lowest BCUT2D eigenvalue weighted by atomic mass is 9.94. The van der Waals surface area contributed by atoms with Crippen LogP contribution in [-0.4, -0.2) is 42.4 Å². The molecule has 0 bridgehead atoms. The van der Waals surface area contributed by atoms with Crippen LogP contribution < -0.4 is 9.47 Å². The van der Waals surface area contributed by atoms with E-state index in [4.69, 9.17) is 14.6 Å². The Balaban J connectivity index is 1.42. The van der Waals surface area contributed by atoms with Crippen LogP contribution in [0.5, 0.6) is 11.5 Å². The number of hydrogen-bond donors (Lipinski definition) is 2. The van der Waals surface area contributed by atoms with Gasteiger partial charge in [0.1, 0.15) is 12.7 Å². The third kappa shape index (κ3) is 3.66. The topological polar surface area (TPSA) is 76.0 Å². The number of benzene rings is 1. The summed E-state index contributed by atoms with van der Waals surface area (Å²) >= 11 is 1.67. The number of methoxy groups -OCH3 is 1. The Morgan fingerprint density at radius 1 is 1.33 bits per heavy atom. The summed E-state index contributed by atoms with van der Waals surface area (Å²) in [7, 11) is 1.56. The van der Waals surface area contributed by atoms with E-state index in [1.54, 1.807) is 24.5 Å². The van der Waals surface area contributed by atoms with Crippen molar-refractivity contribution < 1.29 is 24.5 Å². The molecular weight excluding hydrogens is 400 g/mol. The van der Waals surface area contributed by atoms with Gasteiger partial charge in [-0.25, -0.2) is 0 Å². The number of aryl methyl sites for hydroxylation is 2. The maximum atomic E-state index is 13.0. The van der Waals surface area contributed by atoms with E-state index < -0.39 is 6.10 Å². The van der Waals surface area contributed by atoms with Crippen molar-refractivity contribution in [3.8, 4) is 11.5 Å². The molecule has 5 nitrogen and oxygen atoms in total. The van der Waals surface area contributed by atoms with Crippen LogP contribution in [0.25, 0.3) is 0 Å². The highest BCUT2D eigenvalue weighted by atomic mass is 32.1. The van der Waals surface area contributed by atoms with E-state index in [0.29, 0.717) is 41.6 Å². The zero-order valence-electron chi connectivity index (χ0n) is 18.0. The van der Waals surface area contributed by atoms with E-state index in [1.807, 2.05) is 12.1 Å². The zero-order valence-corrected chi connectivity index (χ0v) is 18.8. The second kappa shape index (κ2) is 7.98. The van der Waals surface area contributed by atoms with Gasteiger partial charge >= 0.3 is 0 Å². The van der Waals surface area contributed by atoms with Gasteiger partial charge in [-0.15, -0.1) is 11.3 Å². The first-order chi connectivity index (χ1) is 14.3. The highest BCUT2D eigenvalue weighted by Gasteiger charge is 2.63. The van der Waals surface area contributed by atoms with Crippen LogP contribution in [0.3, 0.4) is 0 Å². The summed E-state index contributed by atoms with van der Waals surface area (Å²) in [6.45, 7) is 6.48. The van der Waals surface area contributed by atoms with E-state index in [2.05, 4.69) is 20.8 Å². The summed E-state index contributed by atoms with van der Waals surface area (Å²) in [5, 5.41) is 18.4. The average molecular weight is 431 g/mol. The molecule has 2 N–H and O–H groups in total. The van der Waals surface area contributed by atoms with Crippen LogP contribution in [0.4, 0.5) is 0 Å². The quantitative estimate of drug-likeness (QED) is 0.590. The third-order valence-electron chi connectivity index (χ3n) is 6.78. The minimum atomic E-state index is -0.931. The van der Waals surface area contributed by atoms with E-state index in [9.17, 15) is 9.90 Å². The molecule has 0 aliphatic heterocycles. The molecule has 2 aliphatic rings. The molecule has 1 aromatic heterocycles. The van der Waals surface area contributed by atoms with Gasteiger partial charge in [-0.2, -0.15) is 0 Å². The van der Waals surface area contributed by atoms with Gasteiger partial charge in [0.05, 0.1) is 18.6 Å². The molecular formula is C24H30O5S. The summed E-state index contributed by atoms with van der Waals surface area (Å²) in [4.78, 5) is 15.3. The lowest BCUT2D eigenvalue weighted by molar-refractivity contribution is 0.0527. The molecule has 0 radical (unpaired) electrons. The molecule has 3 atom stereocenters. The SMILES string of the molecule is COc1cc(CCC(=O)c2sc(C)c3c2C[C@@H]2[C@H]3C2(C)C)ccc1OC[C@H](O)CO. The van der Waals surface area contributed by atoms with Crippen LogP contribution in [0.15, 0.2) is 18.2 Å². The first-order valence-electron chi connectivity index (χ1n) is 10.5. The Bertz CT molecular complexity index is 961. The summed E-state index contributed by atoms with van der Waals surface area (Å²) in [5.41, 5.74) is 4.18. The Morgan fingerprint density at radius 3 is 2.80 bits per heavy atom. The van der Waals surface area contributed by atoms with Gasteiger partial charge < -0.3 is 19.7 Å². The third-order valence-corrected chi connectivity index (χ3v) is 7.99. The largest absolute Gasteiger partial charge is 0.493 e. The molecule has 0 spiro atoms. The van der Waals surface area contributed by atoms with Crippen LogP contribution in [-0.2, 0) is 12.8 Å². The molecule has 162 valence electrons. The fourth-order valence-electron chi connectivity index (χ4n) is 4.95. The van der Waals surface area contributed by atoms with Gasteiger partial charge in [-0.05, 0) is 65.8 Å². The number of Topliss-reactive ketones (excluding diaryl/α,β-unsaturated/α-hetero) is 1. The fourth-order valence-corrected chi connectivity index (χ4v) is 6.15. The Hall–Kier alpha value is -1.89. The molecule has 1 aromatic carbocycles.